The van der Waals surface area contributed by atoms with Crippen molar-refractivity contribution in [2.45, 2.75) is 19.8 Å². The lowest BCUT2D eigenvalue weighted by molar-refractivity contribution is -0.305. The van der Waals surface area contributed by atoms with Crippen LogP contribution in [0.3, 0.4) is 0 Å². The average Bonchev–Trinajstić information content (AvgIpc) is 2.96. The number of anilines is 1. The second kappa shape index (κ2) is 8.05. The molecule has 0 radical (unpaired) electrons. The van der Waals surface area contributed by atoms with E-state index < -0.39 is 11.9 Å². The van der Waals surface area contributed by atoms with Crippen molar-refractivity contribution < 1.29 is 14.7 Å². The van der Waals surface area contributed by atoms with Crippen LogP contribution in [0.25, 0.3) is 16.8 Å². The number of amides is 1. The number of nitrogens with zero attached hydrogens (tertiary/aromatic N) is 2. The van der Waals surface area contributed by atoms with E-state index in [0.717, 1.165) is 16.8 Å². The van der Waals surface area contributed by atoms with Gasteiger partial charge in [0.15, 0.2) is 0 Å². The fraction of sp³-hybridized carbons (Fsp3) is 0.150. The fourth-order valence-corrected chi connectivity index (χ4v) is 2.98. The van der Waals surface area contributed by atoms with Gasteiger partial charge in [-0.1, -0.05) is 48.0 Å². The van der Waals surface area contributed by atoms with Gasteiger partial charge in [0.1, 0.15) is 5.82 Å². The number of hydrogen-bond acceptors (Lipinski definition) is 4. The summed E-state index contributed by atoms with van der Waals surface area (Å²) in [6, 6.07) is 16.6. The lowest BCUT2D eigenvalue weighted by Gasteiger charge is -2.12. The largest absolute Gasteiger partial charge is 0.550 e. The highest BCUT2D eigenvalue weighted by Crippen LogP contribution is 2.33. The summed E-state index contributed by atoms with van der Waals surface area (Å²) in [6.45, 7) is 1.85. The topological polar surface area (TPSA) is 87.0 Å². The van der Waals surface area contributed by atoms with Crippen LogP contribution in [0.15, 0.2) is 54.6 Å². The Kier molecular flexibility index (Phi) is 5.57. The van der Waals surface area contributed by atoms with Gasteiger partial charge in [-0.2, -0.15) is 5.10 Å². The van der Waals surface area contributed by atoms with Crippen molar-refractivity contribution in [1.29, 1.82) is 0 Å². The number of halogens is 1. The Labute approximate surface area is 161 Å². The molecule has 0 unspecified atom stereocenters. The normalized spacial score (nSPS) is 10.6. The van der Waals surface area contributed by atoms with E-state index in [1.807, 2.05) is 43.3 Å². The first-order valence-corrected chi connectivity index (χ1v) is 8.74. The Bertz CT molecular complexity index is 983. The summed E-state index contributed by atoms with van der Waals surface area (Å²) in [4.78, 5) is 22.9. The molecule has 0 aliphatic heterocycles. The number of carboxylic acid groups (broad SMARTS) is 1. The molecule has 0 fully saturated rings. The van der Waals surface area contributed by atoms with Crippen LogP contribution < -0.4 is 10.4 Å². The zero-order valence-corrected chi connectivity index (χ0v) is 15.4. The van der Waals surface area contributed by atoms with Gasteiger partial charge in [-0.05, 0) is 37.1 Å². The molecule has 3 aromatic rings. The van der Waals surface area contributed by atoms with Crippen LogP contribution in [0.5, 0.6) is 0 Å². The standard InChI is InChI=1S/C20H18ClN3O3/c1-13-19(14-6-3-2-4-7-14)20(22-17(25)10-11-18(26)27)24(23-13)16-9-5-8-15(21)12-16/h2-9,12H,10-11H2,1H3,(H,22,25)(H,26,27)/p-1. The first-order chi connectivity index (χ1) is 13.0. The monoisotopic (exact) mass is 382 g/mol. The van der Waals surface area contributed by atoms with Crippen LogP contribution in [0.1, 0.15) is 18.5 Å². The Morgan fingerprint density at radius 3 is 2.52 bits per heavy atom. The van der Waals surface area contributed by atoms with Crippen molar-refractivity contribution in [3.05, 3.63) is 65.3 Å². The second-order valence-electron chi connectivity index (χ2n) is 5.99. The summed E-state index contributed by atoms with van der Waals surface area (Å²) in [5.41, 5.74) is 3.05. The van der Waals surface area contributed by atoms with Crippen LogP contribution in [0.2, 0.25) is 5.02 Å². The molecule has 1 N–H and O–H groups in total. The molecule has 0 saturated carbocycles. The molecule has 0 aliphatic rings. The number of benzene rings is 2. The first kappa shape index (κ1) is 18.7. The molecule has 1 heterocycles. The molecular weight excluding hydrogens is 366 g/mol. The molecular formula is C20H17ClN3O3-. The Balaban J connectivity index is 2.08. The minimum atomic E-state index is -1.27. The summed E-state index contributed by atoms with van der Waals surface area (Å²) in [5, 5.41) is 18.5. The molecule has 1 aromatic heterocycles. The van der Waals surface area contributed by atoms with E-state index in [1.54, 1.807) is 22.9 Å². The maximum Gasteiger partial charge on any atom is 0.225 e. The number of carboxylic acids is 1. The molecule has 7 heteroatoms. The maximum absolute atomic E-state index is 12.3. The van der Waals surface area contributed by atoms with Crippen LogP contribution in [0, 0.1) is 6.92 Å². The number of aromatic nitrogens is 2. The van der Waals surface area contributed by atoms with Gasteiger partial charge in [0.2, 0.25) is 5.91 Å². The molecule has 0 atom stereocenters. The van der Waals surface area contributed by atoms with Crippen molar-refractivity contribution >= 4 is 29.3 Å². The van der Waals surface area contributed by atoms with Crippen LogP contribution >= 0.6 is 11.6 Å². The summed E-state index contributed by atoms with van der Waals surface area (Å²) in [7, 11) is 0. The third-order valence-electron chi connectivity index (χ3n) is 3.99. The van der Waals surface area contributed by atoms with E-state index in [1.165, 1.54) is 0 Å². The Hall–Kier alpha value is -3.12. The molecule has 3 rings (SSSR count). The second-order valence-corrected chi connectivity index (χ2v) is 6.42. The van der Waals surface area contributed by atoms with Crippen molar-refractivity contribution in [1.82, 2.24) is 9.78 Å². The van der Waals surface area contributed by atoms with Gasteiger partial charge in [-0.3, -0.25) is 4.79 Å². The predicted molar refractivity (Wildman–Crippen MR) is 102 cm³/mol. The number of hydrogen-bond donors (Lipinski definition) is 1. The fourth-order valence-electron chi connectivity index (χ4n) is 2.80. The van der Waals surface area contributed by atoms with Gasteiger partial charge >= 0.3 is 0 Å². The molecule has 0 aliphatic carbocycles. The molecule has 0 spiro atoms. The van der Waals surface area contributed by atoms with E-state index in [9.17, 15) is 14.7 Å². The van der Waals surface area contributed by atoms with Crippen molar-refractivity contribution in [3.8, 4) is 16.8 Å². The number of carbonyl (C=O) groups is 2. The predicted octanol–water partition coefficient (Wildman–Crippen LogP) is 2.97. The summed E-state index contributed by atoms with van der Waals surface area (Å²) in [5.74, 6) is -1.24. The molecule has 2 aromatic carbocycles. The van der Waals surface area contributed by atoms with Crippen LogP contribution in [-0.2, 0) is 9.59 Å². The van der Waals surface area contributed by atoms with Crippen molar-refractivity contribution in [2.75, 3.05) is 5.32 Å². The average molecular weight is 383 g/mol. The van der Waals surface area contributed by atoms with E-state index in [0.29, 0.717) is 16.5 Å². The van der Waals surface area contributed by atoms with E-state index in [-0.39, 0.29) is 12.8 Å². The van der Waals surface area contributed by atoms with Crippen LogP contribution in [-0.4, -0.2) is 21.7 Å². The summed E-state index contributed by atoms with van der Waals surface area (Å²) in [6.07, 6.45) is -0.535. The number of rotatable bonds is 6. The first-order valence-electron chi connectivity index (χ1n) is 8.36. The Morgan fingerprint density at radius 1 is 1.11 bits per heavy atom. The van der Waals surface area contributed by atoms with E-state index in [2.05, 4.69) is 10.4 Å². The molecule has 138 valence electrons. The van der Waals surface area contributed by atoms with Crippen molar-refractivity contribution in [3.63, 3.8) is 0 Å². The maximum atomic E-state index is 12.3. The molecule has 0 saturated heterocycles. The van der Waals surface area contributed by atoms with Gasteiger partial charge in [-0.15, -0.1) is 0 Å². The molecule has 1 amide bonds. The smallest absolute Gasteiger partial charge is 0.225 e. The number of nitrogens with one attached hydrogen (secondary N) is 1. The highest BCUT2D eigenvalue weighted by atomic mass is 35.5. The zero-order chi connectivity index (χ0) is 19.4. The zero-order valence-electron chi connectivity index (χ0n) is 14.6. The quantitative estimate of drug-likeness (QED) is 0.710. The lowest BCUT2D eigenvalue weighted by atomic mass is 10.1. The van der Waals surface area contributed by atoms with Gasteiger partial charge in [0, 0.05) is 23.0 Å². The third-order valence-corrected chi connectivity index (χ3v) is 4.22. The SMILES string of the molecule is Cc1nn(-c2cccc(Cl)c2)c(NC(=O)CCC(=O)[O-])c1-c1ccccc1. The Morgan fingerprint density at radius 2 is 1.85 bits per heavy atom. The molecule has 27 heavy (non-hydrogen) atoms. The number of aryl methyl sites for hydroxylation is 1. The minimum Gasteiger partial charge on any atom is -0.550 e. The number of carbonyl (C=O) groups excluding carboxylic acids is 2. The lowest BCUT2D eigenvalue weighted by Crippen LogP contribution is -2.24. The van der Waals surface area contributed by atoms with Gasteiger partial charge in [-0.25, -0.2) is 4.68 Å². The van der Waals surface area contributed by atoms with Gasteiger partial charge in [0.25, 0.3) is 0 Å². The highest BCUT2D eigenvalue weighted by Gasteiger charge is 2.20. The van der Waals surface area contributed by atoms with Gasteiger partial charge in [0.05, 0.1) is 11.4 Å². The summed E-state index contributed by atoms with van der Waals surface area (Å²) >= 11 is 6.10. The van der Waals surface area contributed by atoms with E-state index in [4.69, 9.17) is 11.6 Å². The van der Waals surface area contributed by atoms with Crippen LogP contribution in [0.4, 0.5) is 5.82 Å². The minimum absolute atomic E-state index is 0.184. The number of aliphatic carboxylic acids is 1. The van der Waals surface area contributed by atoms with Gasteiger partial charge < -0.3 is 15.2 Å². The summed E-state index contributed by atoms with van der Waals surface area (Å²) < 4.78 is 1.60. The van der Waals surface area contributed by atoms with Crippen molar-refractivity contribution in [2.24, 2.45) is 0 Å². The van der Waals surface area contributed by atoms with E-state index >= 15 is 0 Å². The molecule has 0 bridgehead atoms. The molecule has 6 nitrogen and oxygen atoms in total. The highest BCUT2D eigenvalue weighted by molar-refractivity contribution is 6.30. The third kappa shape index (κ3) is 4.35.